The first kappa shape index (κ1) is 16.2. The van der Waals surface area contributed by atoms with Crippen LogP contribution >= 0.6 is 11.8 Å². The van der Waals surface area contributed by atoms with Crippen LogP contribution in [0.1, 0.15) is 13.8 Å². The van der Waals surface area contributed by atoms with Crippen LogP contribution in [-0.4, -0.2) is 31.7 Å². The highest BCUT2D eigenvalue weighted by molar-refractivity contribution is 7.99. The molecular weight excluding hydrogens is 292 g/mol. The largest absolute Gasteiger partial charge is 0.384 e. The van der Waals surface area contributed by atoms with Gasteiger partial charge in [-0.15, -0.1) is 0 Å². The summed E-state index contributed by atoms with van der Waals surface area (Å²) in [5, 5.41) is 3.14. The summed E-state index contributed by atoms with van der Waals surface area (Å²) in [4.78, 5) is -0.364. The van der Waals surface area contributed by atoms with Crippen molar-refractivity contribution in [2.24, 2.45) is 0 Å². The van der Waals surface area contributed by atoms with Crippen molar-refractivity contribution < 1.29 is 17.2 Å². The minimum absolute atomic E-state index is 0.0354. The molecule has 0 saturated carbocycles. The first-order chi connectivity index (χ1) is 8.69. The lowest BCUT2D eigenvalue weighted by Gasteiger charge is -2.23. The van der Waals surface area contributed by atoms with Crippen molar-refractivity contribution in [3.8, 4) is 0 Å². The maximum absolute atomic E-state index is 12.3. The molecule has 0 amide bonds. The third kappa shape index (κ3) is 4.35. The lowest BCUT2D eigenvalue weighted by Crippen LogP contribution is -2.25. The van der Waals surface area contributed by atoms with E-state index in [0.717, 1.165) is 0 Å². The molecule has 19 heavy (non-hydrogen) atoms. The minimum Gasteiger partial charge on any atom is -0.384 e. The molecule has 0 aromatic heterocycles. The van der Waals surface area contributed by atoms with E-state index in [0.29, 0.717) is 12.2 Å². The summed E-state index contributed by atoms with van der Waals surface area (Å²) in [6, 6.07) is 5.36. The van der Waals surface area contributed by atoms with Crippen molar-refractivity contribution in [1.82, 2.24) is 0 Å². The SMILES string of the molecule is CSC(C)(C)CNc1ccc(S(=O)(=O)C(F)F)cc1. The highest BCUT2D eigenvalue weighted by Crippen LogP contribution is 2.23. The highest BCUT2D eigenvalue weighted by Gasteiger charge is 2.26. The van der Waals surface area contributed by atoms with Gasteiger partial charge in [-0.05, 0) is 44.4 Å². The summed E-state index contributed by atoms with van der Waals surface area (Å²) in [5.74, 6) is -3.39. The Hall–Kier alpha value is -0.820. The topological polar surface area (TPSA) is 46.2 Å². The Bertz CT molecular complexity index is 513. The number of halogens is 2. The van der Waals surface area contributed by atoms with Crippen molar-refractivity contribution in [2.75, 3.05) is 18.1 Å². The van der Waals surface area contributed by atoms with Crippen molar-refractivity contribution >= 4 is 27.3 Å². The number of thioether (sulfide) groups is 1. The third-order valence-electron chi connectivity index (χ3n) is 2.69. The maximum Gasteiger partial charge on any atom is 0.341 e. The molecule has 1 aromatic carbocycles. The Morgan fingerprint density at radius 2 is 1.79 bits per heavy atom. The fraction of sp³-hybridized carbons (Fsp3) is 0.500. The van der Waals surface area contributed by atoms with Crippen LogP contribution in [0.5, 0.6) is 0 Å². The molecule has 3 nitrogen and oxygen atoms in total. The van der Waals surface area contributed by atoms with Crippen LogP contribution in [0.2, 0.25) is 0 Å². The second-order valence-corrected chi connectivity index (χ2v) is 8.08. The van der Waals surface area contributed by atoms with Gasteiger partial charge in [0.25, 0.3) is 0 Å². The maximum atomic E-state index is 12.3. The van der Waals surface area contributed by atoms with Gasteiger partial charge in [0.1, 0.15) is 0 Å². The number of benzene rings is 1. The van der Waals surface area contributed by atoms with E-state index >= 15 is 0 Å². The molecule has 0 atom stereocenters. The summed E-state index contributed by atoms with van der Waals surface area (Å²) >= 11 is 1.70. The van der Waals surface area contributed by atoms with Crippen LogP contribution < -0.4 is 5.32 Å². The average molecular weight is 309 g/mol. The van der Waals surface area contributed by atoms with E-state index in [2.05, 4.69) is 19.2 Å². The number of anilines is 1. The van der Waals surface area contributed by atoms with Crippen LogP contribution in [0.4, 0.5) is 14.5 Å². The number of nitrogens with one attached hydrogen (secondary N) is 1. The van der Waals surface area contributed by atoms with Crippen LogP contribution in [0.3, 0.4) is 0 Å². The lowest BCUT2D eigenvalue weighted by atomic mass is 10.2. The van der Waals surface area contributed by atoms with E-state index in [1.165, 1.54) is 24.3 Å². The molecule has 108 valence electrons. The van der Waals surface area contributed by atoms with Gasteiger partial charge in [-0.1, -0.05) is 0 Å². The standard InChI is InChI=1S/C12H17F2NO2S2/c1-12(2,18-3)8-15-9-4-6-10(7-5-9)19(16,17)11(13)14/h4-7,11,15H,8H2,1-3H3. The third-order valence-corrected chi connectivity index (χ3v) is 5.34. The van der Waals surface area contributed by atoms with Gasteiger partial charge in [0.05, 0.1) is 4.90 Å². The zero-order valence-electron chi connectivity index (χ0n) is 11.0. The molecule has 0 aliphatic heterocycles. The van der Waals surface area contributed by atoms with E-state index in [1.807, 2.05) is 6.26 Å². The molecular formula is C12H17F2NO2S2. The Morgan fingerprint density at radius 1 is 1.26 bits per heavy atom. The van der Waals surface area contributed by atoms with Crippen LogP contribution in [0.25, 0.3) is 0 Å². The number of rotatable bonds is 6. The normalized spacial score (nSPS) is 12.7. The molecule has 0 aliphatic carbocycles. The number of sulfone groups is 1. The molecule has 0 unspecified atom stereocenters. The molecule has 0 aliphatic rings. The van der Waals surface area contributed by atoms with Gasteiger partial charge in [0, 0.05) is 17.0 Å². The van der Waals surface area contributed by atoms with E-state index < -0.39 is 15.6 Å². The van der Waals surface area contributed by atoms with Crippen LogP contribution in [0.15, 0.2) is 29.2 Å². The van der Waals surface area contributed by atoms with E-state index in [4.69, 9.17) is 0 Å². The second kappa shape index (κ2) is 6.09. The van der Waals surface area contributed by atoms with Crippen molar-refractivity contribution in [2.45, 2.75) is 29.2 Å². The van der Waals surface area contributed by atoms with E-state index in [1.54, 1.807) is 11.8 Å². The first-order valence-corrected chi connectivity index (χ1v) is 8.37. The lowest BCUT2D eigenvalue weighted by molar-refractivity contribution is 0.234. The molecule has 1 aromatic rings. The zero-order valence-corrected chi connectivity index (χ0v) is 12.6. The van der Waals surface area contributed by atoms with Gasteiger partial charge in [-0.3, -0.25) is 0 Å². The van der Waals surface area contributed by atoms with Gasteiger partial charge in [0.15, 0.2) is 0 Å². The molecule has 0 spiro atoms. The number of hydrogen-bond acceptors (Lipinski definition) is 4. The average Bonchev–Trinajstić information content (AvgIpc) is 2.37. The molecule has 1 rings (SSSR count). The predicted molar refractivity (Wildman–Crippen MR) is 75.7 cm³/mol. The zero-order chi connectivity index (χ0) is 14.7. The summed E-state index contributed by atoms with van der Waals surface area (Å²) in [7, 11) is -4.51. The number of alkyl halides is 2. The summed E-state index contributed by atoms with van der Waals surface area (Å²) in [6.45, 7) is 4.83. The molecule has 0 bridgehead atoms. The molecule has 0 saturated heterocycles. The quantitative estimate of drug-likeness (QED) is 0.876. The Balaban J connectivity index is 2.78. The molecule has 0 fully saturated rings. The van der Waals surface area contributed by atoms with Gasteiger partial charge in [-0.2, -0.15) is 20.5 Å². The summed E-state index contributed by atoms with van der Waals surface area (Å²) in [5.41, 5.74) is 0.704. The van der Waals surface area contributed by atoms with Gasteiger partial charge in [-0.25, -0.2) is 8.42 Å². The van der Waals surface area contributed by atoms with Gasteiger partial charge < -0.3 is 5.32 Å². The molecule has 1 N–H and O–H groups in total. The number of hydrogen-bond donors (Lipinski definition) is 1. The van der Waals surface area contributed by atoms with Crippen molar-refractivity contribution in [1.29, 1.82) is 0 Å². The van der Waals surface area contributed by atoms with Crippen molar-refractivity contribution in [3.63, 3.8) is 0 Å². The fourth-order valence-corrected chi connectivity index (χ4v) is 2.19. The first-order valence-electron chi connectivity index (χ1n) is 5.60. The minimum atomic E-state index is -4.51. The predicted octanol–water partition coefficient (Wildman–Crippen LogP) is 3.24. The second-order valence-electron chi connectivity index (χ2n) is 4.65. The molecule has 0 heterocycles. The monoisotopic (exact) mass is 309 g/mol. The Kier molecular flexibility index (Phi) is 5.20. The smallest absolute Gasteiger partial charge is 0.341 e. The Labute approximate surface area is 116 Å². The fourth-order valence-electron chi connectivity index (χ4n) is 1.25. The summed E-state index contributed by atoms with van der Waals surface area (Å²) < 4.78 is 47.2. The van der Waals surface area contributed by atoms with E-state index in [-0.39, 0.29) is 9.64 Å². The highest BCUT2D eigenvalue weighted by atomic mass is 32.2. The van der Waals surface area contributed by atoms with Crippen LogP contribution in [0, 0.1) is 0 Å². The van der Waals surface area contributed by atoms with Gasteiger partial charge in [0.2, 0.25) is 9.84 Å². The molecule has 7 heteroatoms. The van der Waals surface area contributed by atoms with E-state index in [9.17, 15) is 17.2 Å². The van der Waals surface area contributed by atoms with Gasteiger partial charge >= 0.3 is 5.76 Å². The molecule has 0 radical (unpaired) electrons. The van der Waals surface area contributed by atoms with Crippen LogP contribution in [-0.2, 0) is 9.84 Å². The Morgan fingerprint density at radius 3 is 2.21 bits per heavy atom. The van der Waals surface area contributed by atoms with Crippen molar-refractivity contribution in [3.05, 3.63) is 24.3 Å². The summed E-state index contributed by atoms with van der Waals surface area (Å²) in [6.07, 6.45) is 2.00.